The molecule has 0 radical (unpaired) electrons. The second kappa shape index (κ2) is 7.05. The highest BCUT2D eigenvalue weighted by Gasteiger charge is 2.10. The number of pyridine rings is 1. The molecule has 0 aliphatic rings. The molecule has 2 aromatic heterocycles. The van der Waals surface area contributed by atoms with Gasteiger partial charge in [-0.2, -0.15) is 0 Å². The average molecular weight is 336 g/mol. The number of aromatic nitrogens is 3. The summed E-state index contributed by atoms with van der Waals surface area (Å²) < 4.78 is 2.09. The van der Waals surface area contributed by atoms with Crippen LogP contribution in [0.25, 0.3) is 22.3 Å². The second-order valence-corrected chi connectivity index (χ2v) is 6.53. The number of nitrogens with zero attached hydrogens (tertiary/aromatic N) is 4. The number of rotatable bonds is 5. The molecule has 25 heavy (non-hydrogen) atoms. The van der Waals surface area contributed by atoms with Crippen molar-refractivity contribution < 1.29 is 4.79 Å². The average Bonchev–Trinajstić information content (AvgIpc) is 3.08. The fourth-order valence-corrected chi connectivity index (χ4v) is 2.99. The number of hydrogen-bond donors (Lipinski definition) is 0. The monoisotopic (exact) mass is 336 g/mol. The molecule has 2 heterocycles. The number of aryl methyl sites for hydroxylation is 3. The molecule has 130 valence electrons. The maximum absolute atomic E-state index is 11.8. The Bertz CT molecular complexity index is 911. The van der Waals surface area contributed by atoms with Crippen LogP contribution in [0.1, 0.15) is 24.5 Å². The van der Waals surface area contributed by atoms with Crippen molar-refractivity contribution in [2.24, 2.45) is 0 Å². The summed E-state index contributed by atoms with van der Waals surface area (Å²) in [7, 11) is 3.58. The van der Waals surface area contributed by atoms with Crippen molar-refractivity contribution in [2.45, 2.75) is 33.2 Å². The highest BCUT2D eigenvalue weighted by molar-refractivity contribution is 5.85. The molecule has 0 unspecified atom stereocenters. The van der Waals surface area contributed by atoms with Gasteiger partial charge in [0.25, 0.3) is 0 Å². The molecule has 0 bridgehead atoms. The number of imidazole rings is 1. The molecule has 0 saturated carbocycles. The van der Waals surface area contributed by atoms with Crippen LogP contribution < -0.4 is 0 Å². The lowest BCUT2D eigenvalue weighted by atomic mass is 10.0. The van der Waals surface area contributed by atoms with Crippen LogP contribution in [0.3, 0.4) is 0 Å². The summed E-state index contributed by atoms with van der Waals surface area (Å²) in [4.78, 5) is 22.5. The lowest BCUT2D eigenvalue weighted by Gasteiger charge is -2.11. The topological polar surface area (TPSA) is 51.0 Å². The summed E-state index contributed by atoms with van der Waals surface area (Å²) >= 11 is 0. The van der Waals surface area contributed by atoms with E-state index in [0.29, 0.717) is 6.42 Å². The summed E-state index contributed by atoms with van der Waals surface area (Å²) in [5.41, 5.74) is 5.30. The largest absolute Gasteiger partial charge is 0.349 e. The van der Waals surface area contributed by atoms with Crippen LogP contribution in [0.15, 0.2) is 36.8 Å². The van der Waals surface area contributed by atoms with Crippen LogP contribution in [-0.2, 0) is 17.8 Å². The van der Waals surface area contributed by atoms with E-state index in [9.17, 15) is 4.79 Å². The number of carbonyl (C=O) groups excluding carboxylic acids is 1. The predicted octanol–water partition coefficient (Wildman–Crippen LogP) is 3.45. The smallest absolute Gasteiger partial charge is 0.222 e. The van der Waals surface area contributed by atoms with E-state index in [1.165, 1.54) is 11.1 Å². The third-order valence-corrected chi connectivity index (χ3v) is 4.52. The maximum atomic E-state index is 11.8. The van der Waals surface area contributed by atoms with E-state index >= 15 is 0 Å². The molecular formula is C20H24N4O. The number of benzene rings is 1. The third-order valence-electron chi connectivity index (χ3n) is 4.52. The Kier molecular flexibility index (Phi) is 4.83. The lowest BCUT2D eigenvalue weighted by Crippen LogP contribution is -2.21. The number of amides is 1. The fourth-order valence-electron chi connectivity index (χ4n) is 2.99. The third kappa shape index (κ3) is 3.55. The van der Waals surface area contributed by atoms with E-state index in [1.807, 2.05) is 18.6 Å². The van der Waals surface area contributed by atoms with Crippen LogP contribution in [0.5, 0.6) is 0 Å². The summed E-state index contributed by atoms with van der Waals surface area (Å²) in [6.07, 6.45) is 4.97. The first-order valence-corrected chi connectivity index (χ1v) is 8.60. The van der Waals surface area contributed by atoms with Gasteiger partial charge < -0.3 is 9.47 Å². The van der Waals surface area contributed by atoms with Crippen molar-refractivity contribution in [3.8, 4) is 11.4 Å². The molecule has 5 heteroatoms. The summed E-state index contributed by atoms with van der Waals surface area (Å²) in [6, 6.07) is 8.38. The molecule has 0 spiro atoms. The standard InChI is InChI=1S/C20H24N4O/c1-5-24-13-21-12-19(24)18-10-14(2)16-11-15(6-8-17(16)22-18)7-9-20(25)23(3)4/h6,8,10-13H,5,7,9H2,1-4H3. The van der Waals surface area contributed by atoms with Crippen molar-refractivity contribution in [3.63, 3.8) is 0 Å². The first-order valence-electron chi connectivity index (χ1n) is 8.60. The number of carbonyl (C=O) groups is 1. The van der Waals surface area contributed by atoms with Gasteiger partial charge in [0, 0.05) is 32.4 Å². The number of hydrogen-bond acceptors (Lipinski definition) is 3. The normalized spacial score (nSPS) is 11.0. The SMILES string of the molecule is CCn1cncc1-c1cc(C)c2cc(CCC(=O)N(C)C)ccc2n1. The highest BCUT2D eigenvalue weighted by atomic mass is 16.2. The highest BCUT2D eigenvalue weighted by Crippen LogP contribution is 2.25. The van der Waals surface area contributed by atoms with Crippen LogP contribution in [-0.4, -0.2) is 39.4 Å². The van der Waals surface area contributed by atoms with Crippen molar-refractivity contribution in [1.29, 1.82) is 0 Å². The van der Waals surface area contributed by atoms with E-state index in [4.69, 9.17) is 4.98 Å². The maximum Gasteiger partial charge on any atom is 0.222 e. The molecule has 1 aromatic carbocycles. The van der Waals surface area contributed by atoms with E-state index < -0.39 is 0 Å². The minimum atomic E-state index is 0.151. The molecule has 0 aliphatic carbocycles. The van der Waals surface area contributed by atoms with E-state index in [1.54, 1.807) is 19.0 Å². The molecule has 0 saturated heterocycles. The second-order valence-electron chi connectivity index (χ2n) is 6.53. The van der Waals surface area contributed by atoms with E-state index in [2.05, 4.69) is 41.6 Å². The first-order chi connectivity index (χ1) is 12.0. The minimum Gasteiger partial charge on any atom is -0.349 e. The summed E-state index contributed by atoms with van der Waals surface area (Å²) in [6.45, 7) is 5.07. The van der Waals surface area contributed by atoms with E-state index in [-0.39, 0.29) is 5.91 Å². The van der Waals surface area contributed by atoms with Gasteiger partial charge in [-0.05, 0) is 49.6 Å². The predicted molar refractivity (Wildman–Crippen MR) is 100 cm³/mol. The fraction of sp³-hybridized carbons (Fsp3) is 0.350. The van der Waals surface area contributed by atoms with E-state index in [0.717, 1.165) is 35.3 Å². The summed E-state index contributed by atoms with van der Waals surface area (Å²) in [5.74, 6) is 0.151. The Morgan fingerprint density at radius 2 is 2.04 bits per heavy atom. The molecule has 0 fully saturated rings. The molecule has 1 amide bonds. The summed E-state index contributed by atoms with van der Waals surface area (Å²) in [5, 5.41) is 1.14. The van der Waals surface area contributed by atoms with Crippen molar-refractivity contribution in [2.75, 3.05) is 14.1 Å². The molecule has 5 nitrogen and oxygen atoms in total. The zero-order chi connectivity index (χ0) is 18.0. The van der Waals surface area contributed by atoms with Crippen LogP contribution >= 0.6 is 0 Å². The number of fused-ring (bicyclic) bond motifs is 1. The van der Waals surface area contributed by atoms with Gasteiger partial charge in [0.2, 0.25) is 5.91 Å². The molecule has 3 aromatic rings. The Morgan fingerprint density at radius 3 is 2.76 bits per heavy atom. The molecule has 0 atom stereocenters. The van der Waals surface area contributed by atoms with Crippen LogP contribution in [0.2, 0.25) is 0 Å². The molecule has 3 rings (SSSR count). The Labute approximate surface area is 148 Å². The lowest BCUT2D eigenvalue weighted by molar-refractivity contribution is -0.128. The zero-order valence-corrected chi connectivity index (χ0v) is 15.3. The van der Waals surface area contributed by atoms with Gasteiger partial charge in [0.15, 0.2) is 0 Å². The zero-order valence-electron chi connectivity index (χ0n) is 15.3. The Hall–Kier alpha value is -2.69. The quantitative estimate of drug-likeness (QED) is 0.717. The van der Waals surface area contributed by atoms with Gasteiger partial charge in [-0.3, -0.25) is 4.79 Å². The van der Waals surface area contributed by atoms with Crippen molar-refractivity contribution in [3.05, 3.63) is 47.9 Å². The van der Waals surface area contributed by atoms with Gasteiger partial charge in [-0.15, -0.1) is 0 Å². The Balaban J connectivity index is 1.93. The van der Waals surface area contributed by atoms with Gasteiger partial charge in [-0.25, -0.2) is 9.97 Å². The minimum absolute atomic E-state index is 0.151. The van der Waals surface area contributed by atoms with Crippen LogP contribution in [0.4, 0.5) is 0 Å². The van der Waals surface area contributed by atoms with Gasteiger partial charge >= 0.3 is 0 Å². The van der Waals surface area contributed by atoms with Crippen LogP contribution in [0, 0.1) is 6.92 Å². The Morgan fingerprint density at radius 1 is 1.24 bits per heavy atom. The van der Waals surface area contributed by atoms with Crippen molar-refractivity contribution in [1.82, 2.24) is 19.4 Å². The van der Waals surface area contributed by atoms with Gasteiger partial charge in [0.1, 0.15) is 0 Å². The molecule has 0 aliphatic heterocycles. The first kappa shape index (κ1) is 17.1. The van der Waals surface area contributed by atoms with Gasteiger partial charge in [0.05, 0.1) is 29.4 Å². The van der Waals surface area contributed by atoms with Gasteiger partial charge in [-0.1, -0.05) is 6.07 Å². The van der Waals surface area contributed by atoms with Crippen molar-refractivity contribution >= 4 is 16.8 Å². The molecule has 0 N–H and O–H groups in total. The molecular weight excluding hydrogens is 312 g/mol.